The first kappa shape index (κ1) is 8.74. The van der Waals surface area contributed by atoms with E-state index >= 15 is 0 Å². The van der Waals surface area contributed by atoms with Crippen LogP contribution in [-0.4, -0.2) is 13.7 Å². The molecule has 0 saturated carbocycles. The van der Waals surface area contributed by atoms with Crippen LogP contribution in [0, 0.1) is 0 Å². The molecule has 0 radical (unpaired) electrons. The van der Waals surface area contributed by atoms with E-state index in [1.54, 1.807) is 6.20 Å². The van der Waals surface area contributed by atoms with E-state index in [2.05, 4.69) is 17.6 Å². The highest BCUT2D eigenvalue weighted by Crippen LogP contribution is 1.99. The average molecular weight is 186 g/mol. The highest BCUT2D eigenvalue weighted by molar-refractivity contribution is 8.11. The Labute approximate surface area is 77.0 Å². The number of aryl methyl sites for hydroxylation is 1. The van der Waals surface area contributed by atoms with Crippen molar-refractivity contribution >= 4 is 29.0 Å². The van der Waals surface area contributed by atoms with Gasteiger partial charge in [-0.15, -0.1) is 12.6 Å². The lowest BCUT2D eigenvalue weighted by Gasteiger charge is -1.99. The Morgan fingerprint density at radius 3 is 3.00 bits per heavy atom. The second-order valence-corrected chi connectivity index (χ2v) is 3.63. The van der Waals surface area contributed by atoms with Crippen molar-refractivity contribution in [2.75, 3.05) is 0 Å². The van der Waals surface area contributed by atoms with E-state index in [-0.39, 0.29) is 0 Å². The molecular formula is C7H10N2S2. The molecule has 0 aliphatic carbocycles. The predicted octanol–water partition coefficient (Wildman–Crippen LogP) is 1.92. The molecule has 0 fully saturated rings. The molecule has 0 N–H and O–H groups in total. The molecule has 0 atom stereocenters. The number of imidazole rings is 1. The summed E-state index contributed by atoms with van der Waals surface area (Å²) in [6, 6.07) is 0. The van der Waals surface area contributed by atoms with Crippen molar-refractivity contribution in [1.82, 2.24) is 9.55 Å². The monoisotopic (exact) mass is 186 g/mol. The van der Waals surface area contributed by atoms with Crippen LogP contribution >= 0.6 is 24.8 Å². The van der Waals surface area contributed by atoms with Gasteiger partial charge >= 0.3 is 0 Å². The van der Waals surface area contributed by atoms with Gasteiger partial charge in [-0.05, 0) is 12.8 Å². The van der Waals surface area contributed by atoms with Gasteiger partial charge < -0.3 is 4.57 Å². The summed E-state index contributed by atoms with van der Waals surface area (Å²) in [5.74, 6) is 0. The van der Waals surface area contributed by atoms with E-state index in [4.69, 9.17) is 12.2 Å². The van der Waals surface area contributed by atoms with Gasteiger partial charge in [-0.1, -0.05) is 12.2 Å². The summed E-state index contributed by atoms with van der Waals surface area (Å²) < 4.78 is 2.82. The van der Waals surface area contributed by atoms with Crippen molar-refractivity contribution in [2.45, 2.75) is 19.4 Å². The molecule has 0 amide bonds. The molecule has 0 aliphatic rings. The van der Waals surface area contributed by atoms with E-state index in [1.165, 1.54) is 0 Å². The molecule has 1 heterocycles. The molecule has 0 saturated heterocycles. The normalized spacial score (nSPS) is 9.91. The van der Waals surface area contributed by atoms with E-state index in [0.29, 0.717) is 0 Å². The van der Waals surface area contributed by atoms with Crippen molar-refractivity contribution in [3.8, 4) is 0 Å². The van der Waals surface area contributed by atoms with Gasteiger partial charge in [0, 0.05) is 23.1 Å². The number of thiol groups is 1. The molecule has 0 bridgehead atoms. The van der Waals surface area contributed by atoms with Gasteiger partial charge in [-0.2, -0.15) is 0 Å². The maximum atomic E-state index is 4.83. The molecule has 1 rings (SSSR count). The minimum Gasteiger partial charge on any atom is -0.337 e. The Morgan fingerprint density at radius 2 is 2.45 bits per heavy atom. The van der Waals surface area contributed by atoms with Gasteiger partial charge in [0.05, 0.1) is 6.33 Å². The van der Waals surface area contributed by atoms with Gasteiger partial charge in [0.1, 0.15) is 0 Å². The lowest BCUT2D eigenvalue weighted by atomic mass is 10.3. The van der Waals surface area contributed by atoms with Crippen LogP contribution in [-0.2, 0) is 6.54 Å². The molecule has 0 spiro atoms. The number of aromatic nitrogens is 2. The summed E-state index contributed by atoms with van der Waals surface area (Å²) in [7, 11) is 0. The third-order valence-electron chi connectivity index (χ3n) is 1.37. The third-order valence-corrected chi connectivity index (χ3v) is 1.79. The first-order chi connectivity index (χ1) is 5.29. The van der Waals surface area contributed by atoms with E-state index in [9.17, 15) is 0 Å². The number of nitrogens with zero attached hydrogens (tertiary/aromatic N) is 2. The number of hydrogen-bond donors (Lipinski definition) is 1. The molecule has 0 aromatic carbocycles. The van der Waals surface area contributed by atoms with Crippen LogP contribution in [0.25, 0.3) is 0 Å². The summed E-state index contributed by atoms with van der Waals surface area (Å²) in [6.07, 6.45) is 7.47. The van der Waals surface area contributed by atoms with E-state index in [1.807, 2.05) is 17.1 Å². The Hall–Kier alpha value is -0.350. The zero-order valence-electron chi connectivity index (χ0n) is 6.10. The molecule has 0 unspecified atom stereocenters. The quantitative estimate of drug-likeness (QED) is 0.572. The second-order valence-electron chi connectivity index (χ2n) is 2.30. The molecule has 4 heteroatoms. The first-order valence-corrected chi connectivity index (χ1v) is 4.32. The Bertz CT molecular complexity index is 218. The Balaban J connectivity index is 2.19. The van der Waals surface area contributed by atoms with Crippen LogP contribution in [0.15, 0.2) is 18.7 Å². The topological polar surface area (TPSA) is 17.8 Å². The van der Waals surface area contributed by atoms with Crippen molar-refractivity contribution in [1.29, 1.82) is 0 Å². The second kappa shape index (κ2) is 4.51. The Morgan fingerprint density at radius 1 is 1.64 bits per heavy atom. The van der Waals surface area contributed by atoms with E-state index < -0.39 is 0 Å². The maximum absolute atomic E-state index is 4.83. The van der Waals surface area contributed by atoms with Gasteiger partial charge in [0.15, 0.2) is 0 Å². The minimum atomic E-state index is 0.783. The third kappa shape index (κ3) is 3.53. The smallest absolute Gasteiger partial charge is 0.0945 e. The number of hydrogen-bond acceptors (Lipinski definition) is 2. The van der Waals surface area contributed by atoms with Gasteiger partial charge in [-0.25, -0.2) is 4.98 Å². The molecule has 60 valence electrons. The summed E-state index contributed by atoms with van der Waals surface area (Å²) >= 11 is 8.87. The van der Waals surface area contributed by atoms with Crippen LogP contribution in [0.4, 0.5) is 0 Å². The predicted molar refractivity (Wildman–Crippen MR) is 53.0 cm³/mol. The van der Waals surface area contributed by atoms with Gasteiger partial charge in [0.2, 0.25) is 0 Å². The van der Waals surface area contributed by atoms with Crippen molar-refractivity contribution < 1.29 is 0 Å². The summed E-state index contributed by atoms with van der Waals surface area (Å²) in [4.78, 5) is 3.93. The fourth-order valence-corrected chi connectivity index (χ4v) is 1.13. The van der Waals surface area contributed by atoms with Crippen LogP contribution < -0.4 is 0 Å². The van der Waals surface area contributed by atoms with Crippen LogP contribution in [0.3, 0.4) is 0 Å². The highest BCUT2D eigenvalue weighted by Gasteiger charge is 1.91. The maximum Gasteiger partial charge on any atom is 0.0945 e. The molecule has 11 heavy (non-hydrogen) atoms. The number of thiocarbonyl (C=S) groups is 1. The molecule has 1 aromatic heterocycles. The summed E-state index contributed by atoms with van der Waals surface area (Å²) in [6.45, 7) is 0.973. The van der Waals surface area contributed by atoms with Crippen LogP contribution in [0.5, 0.6) is 0 Å². The van der Waals surface area contributed by atoms with Gasteiger partial charge in [-0.3, -0.25) is 0 Å². The van der Waals surface area contributed by atoms with Crippen molar-refractivity contribution in [3.63, 3.8) is 0 Å². The zero-order valence-corrected chi connectivity index (χ0v) is 7.81. The number of rotatable bonds is 4. The van der Waals surface area contributed by atoms with Gasteiger partial charge in [0.25, 0.3) is 0 Å². The fraction of sp³-hybridized carbons (Fsp3) is 0.429. The lowest BCUT2D eigenvalue weighted by molar-refractivity contribution is 0.661. The average Bonchev–Trinajstić information content (AvgIpc) is 2.39. The van der Waals surface area contributed by atoms with E-state index in [0.717, 1.165) is 23.6 Å². The Kier molecular flexibility index (Phi) is 3.59. The van der Waals surface area contributed by atoms with Crippen molar-refractivity contribution in [3.05, 3.63) is 18.7 Å². The fourth-order valence-electron chi connectivity index (χ4n) is 0.832. The molecular weight excluding hydrogens is 176 g/mol. The first-order valence-electron chi connectivity index (χ1n) is 3.46. The largest absolute Gasteiger partial charge is 0.337 e. The summed E-state index contributed by atoms with van der Waals surface area (Å²) in [5.41, 5.74) is 0. The molecule has 0 aliphatic heterocycles. The van der Waals surface area contributed by atoms with Crippen LogP contribution in [0.1, 0.15) is 12.8 Å². The standard InChI is InChI=1S/C7H10N2S2/c10-7(11)2-1-4-9-5-3-8-6-9/h3,5-6H,1-2,4H2,(H,10,11). The van der Waals surface area contributed by atoms with Crippen LogP contribution in [0.2, 0.25) is 0 Å². The van der Waals surface area contributed by atoms with Crippen molar-refractivity contribution in [2.24, 2.45) is 0 Å². The minimum absolute atomic E-state index is 0.783. The molecule has 2 nitrogen and oxygen atoms in total. The lowest BCUT2D eigenvalue weighted by Crippen LogP contribution is -1.95. The zero-order chi connectivity index (χ0) is 8.10. The summed E-state index contributed by atoms with van der Waals surface area (Å²) in [5, 5.41) is 0. The SMILES string of the molecule is S=C(S)CCCn1ccnc1. The highest BCUT2D eigenvalue weighted by atomic mass is 32.1. The molecule has 1 aromatic rings.